The number of carbonyl (C=O) groups excluding carboxylic acids is 1. The lowest BCUT2D eigenvalue weighted by Gasteiger charge is -2.13. The number of amides is 1. The first-order valence-corrected chi connectivity index (χ1v) is 8.46. The van der Waals surface area contributed by atoms with Crippen LogP contribution in [0.15, 0.2) is 52.9 Å². The molecule has 0 saturated heterocycles. The molecule has 0 radical (unpaired) electrons. The molecule has 0 unspecified atom stereocenters. The second-order valence-corrected chi connectivity index (χ2v) is 6.56. The van der Waals surface area contributed by atoms with Crippen molar-refractivity contribution in [2.75, 3.05) is 5.32 Å². The van der Waals surface area contributed by atoms with Crippen LogP contribution in [0.3, 0.4) is 0 Å². The Hall–Kier alpha value is -2.44. The molecule has 2 aromatic carbocycles. The van der Waals surface area contributed by atoms with Crippen LogP contribution < -0.4 is 5.32 Å². The third kappa shape index (κ3) is 4.12. The maximum absolute atomic E-state index is 13.1. The lowest BCUT2D eigenvalue weighted by atomic mass is 10.1. The minimum Gasteiger partial charge on any atom is -0.451 e. The van der Waals surface area contributed by atoms with Gasteiger partial charge in [-0.1, -0.05) is 35.3 Å². The molecule has 0 aliphatic heterocycles. The molecule has 3 nitrogen and oxygen atoms in total. The summed E-state index contributed by atoms with van der Waals surface area (Å²) in [7, 11) is 0. The molecule has 0 bridgehead atoms. The minimum atomic E-state index is -4.67. The van der Waals surface area contributed by atoms with E-state index in [2.05, 4.69) is 5.32 Å². The summed E-state index contributed by atoms with van der Waals surface area (Å²) in [5, 5.41) is 2.66. The molecule has 0 spiro atoms. The van der Waals surface area contributed by atoms with E-state index in [9.17, 15) is 18.0 Å². The zero-order valence-electron chi connectivity index (χ0n) is 13.8. The smallest absolute Gasteiger partial charge is 0.418 e. The predicted molar refractivity (Wildman–Crippen MR) is 98.3 cm³/mol. The van der Waals surface area contributed by atoms with Gasteiger partial charge in [0.25, 0.3) is 5.91 Å². The molecule has 3 aromatic rings. The maximum Gasteiger partial charge on any atom is 0.418 e. The number of alkyl halides is 3. The fourth-order valence-electron chi connectivity index (χ4n) is 2.52. The number of anilines is 1. The molecule has 27 heavy (non-hydrogen) atoms. The van der Waals surface area contributed by atoms with Gasteiger partial charge in [-0.3, -0.25) is 4.79 Å². The number of hydrogen-bond donors (Lipinski definition) is 1. The van der Waals surface area contributed by atoms with Gasteiger partial charge in [-0.2, -0.15) is 13.2 Å². The highest BCUT2D eigenvalue weighted by Crippen LogP contribution is 2.37. The van der Waals surface area contributed by atoms with E-state index in [1.807, 2.05) is 0 Å². The van der Waals surface area contributed by atoms with Crippen molar-refractivity contribution in [1.82, 2.24) is 0 Å². The monoisotopic (exact) mass is 413 g/mol. The molecule has 0 fully saturated rings. The number of furan rings is 1. The summed E-state index contributed by atoms with van der Waals surface area (Å²) in [5.41, 5.74) is -0.00356. The van der Waals surface area contributed by atoms with Crippen molar-refractivity contribution < 1.29 is 22.4 Å². The van der Waals surface area contributed by atoms with Crippen molar-refractivity contribution in [2.45, 2.75) is 13.1 Å². The summed E-state index contributed by atoms with van der Waals surface area (Å²) in [5.74, 6) is -0.562. The van der Waals surface area contributed by atoms with Crippen LogP contribution in [0.5, 0.6) is 0 Å². The lowest BCUT2D eigenvalue weighted by Crippen LogP contribution is -2.16. The molecule has 8 heteroatoms. The van der Waals surface area contributed by atoms with E-state index in [4.69, 9.17) is 27.6 Å². The highest BCUT2D eigenvalue weighted by Gasteiger charge is 2.34. The largest absolute Gasteiger partial charge is 0.451 e. The first kappa shape index (κ1) is 19.3. The molecule has 0 saturated carbocycles. The Balaban J connectivity index is 1.89. The summed E-state index contributed by atoms with van der Waals surface area (Å²) in [4.78, 5) is 12.3. The average molecular weight is 414 g/mol. The Kier molecular flexibility index (Phi) is 5.22. The van der Waals surface area contributed by atoms with Crippen LogP contribution in [0, 0.1) is 6.92 Å². The number of carbonyl (C=O) groups is 1. The Morgan fingerprint density at radius 2 is 1.81 bits per heavy atom. The summed E-state index contributed by atoms with van der Waals surface area (Å²) < 4.78 is 44.9. The molecular weight excluding hydrogens is 402 g/mol. The summed E-state index contributed by atoms with van der Waals surface area (Å²) >= 11 is 11.7. The molecule has 1 N–H and O–H groups in total. The van der Waals surface area contributed by atoms with Gasteiger partial charge in [0.05, 0.1) is 11.3 Å². The molecular formula is C19H12Cl2F3NO2. The Morgan fingerprint density at radius 3 is 2.52 bits per heavy atom. The van der Waals surface area contributed by atoms with Crippen LogP contribution in [0.1, 0.15) is 21.7 Å². The van der Waals surface area contributed by atoms with E-state index in [-0.39, 0.29) is 10.8 Å². The van der Waals surface area contributed by atoms with Crippen molar-refractivity contribution in [3.8, 4) is 11.3 Å². The van der Waals surface area contributed by atoms with Crippen molar-refractivity contribution in [3.63, 3.8) is 0 Å². The normalized spacial score (nSPS) is 11.5. The molecule has 1 heterocycles. The Bertz CT molecular complexity index is 1010. The third-order valence-corrected chi connectivity index (χ3v) is 4.54. The standard InChI is InChI=1S/C19H12Cl2F3NO2/c1-10-12(3-2-4-14(10)21)16-7-8-17(27-16)18(26)25-15-6-5-11(20)9-13(15)19(22,23)24/h2-9H,1H3,(H,25,26). The van der Waals surface area contributed by atoms with E-state index >= 15 is 0 Å². The molecule has 0 aliphatic rings. The molecule has 0 aliphatic carbocycles. The van der Waals surface area contributed by atoms with Crippen molar-refractivity contribution in [1.29, 1.82) is 0 Å². The van der Waals surface area contributed by atoms with Crippen molar-refractivity contribution in [3.05, 3.63) is 75.5 Å². The van der Waals surface area contributed by atoms with Crippen LogP contribution in [-0.4, -0.2) is 5.91 Å². The zero-order chi connectivity index (χ0) is 19.8. The molecule has 140 valence electrons. The van der Waals surface area contributed by atoms with E-state index in [1.165, 1.54) is 12.1 Å². The highest BCUT2D eigenvalue weighted by molar-refractivity contribution is 6.31. The van der Waals surface area contributed by atoms with Crippen molar-refractivity contribution in [2.24, 2.45) is 0 Å². The predicted octanol–water partition coefficient (Wildman–Crippen LogP) is 6.83. The van der Waals surface area contributed by atoms with Gasteiger partial charge < -0.3 is 9.73 Å². The van der Waals surface area contributed by atoms with E-state index in [1.54, 1.807) is 31.2 Å². The number of benzene rings is 2. The SMILES string of the molecule is Cc1c(Cl)cccc1-c1ccc(C(=O)Nc2ccc(Cl)cc2C(F)(F)F)o1. The quantitative estimate of drug-likeness (QED) is 0.510. The molecule has 1 aromatic heterocycles. The van der Waals surface area contributed by atoms with Crippen LogP contribution in [-0.2, 0) is 6.18 Å². The second kappa shape index (κ2) is 7.29. The van der Waals surface area contributed by atoms with Crippen LogP contribution in [0.2, 0.25) is 10.0 Å². The fourth-order valence-corrected chi connectivity index (χ4v) is 2.87. The number of halogens is 5. The number of hydrogen-bond acceptors (Lipinski definition) is 2. The summed E-state index contributed by atoms with van der Waals surface area (Å²) in [6.07, 6.45) is -4.67. The van der Waals surface area contributed by atoms with Crippen molar-refractivity contribution >= 4 is 34.8 Å². The second-order valence-electron chi connectivity index (χ2n) is 5.72. The Labute approximate surface area is 162 Å². The summed E-state index contributed by atoms with van der Waals surface area (Å²) in [6, 6.07) is 11.3. The topological polar surface area (TPSA) is 42.2 Å². The van der Waals surface area contributed by atoms with Crippen LogP contribution in [0.25, 0.3) is 11.3 Å². The first-order chi connectivity index (χ1) is 12.7. The zero-order valence-corrected chi connectivity index (χ0v) is 15.3. The molecule has 0 atom stereocenters. The van der Waals surface area contributed by atoms with E-state index in [0.717, 1.165) is 17.7 Å². The van der Waals surface area contributed by atoms with Gasteiger partial charge in [0.15, 0.2) is 5.76 Å². The third-order valence-electron chi connectivity index (χ3n) is 3.90. The summed E-state index contributed by atoms with van der Waals surface area (Å²) in [6.45, 7) is 1.79. The number of nitrogens with one attached hydrogen (secondary N) is 1. The van der Waals surface area contributed by atoms with Gasteiger partial charge >= 0.3 is 6.18 Å². The van der Waals surface area contributed by atoms with Gasteiger partial charge in [0.2, 0.25) is 0 Å². The van der Waals surface area contributed by atoms with Gasteiger partial charge in [-0.05, 0) is 48.9 Å². The highest BCUT2D eigenvalue weighted by atomic mass is 35.5. The molecule has 1 amide bonds. The first-order valence-electron chi connectivity index (χ1n) is 7.70. The molecule has 3 rings (SSSR count). The minimum absolute atomic E-state index is 0.0861. The Morgan fingerprint density at radius 1 is 1.07 bits per heavy atom. The fraction of sp³-hybridized carbons (Fsp3) is 0.105. The van der Waals surface area contributed by atoms with E-state index in [0.29, 0.717) is 16.3 Å². The number of rotatable bonds is 3. The van der Waals surface area contributed by atoms with Gasteiger partial charge in [-0.15, -0.1) is 0 Å². The van der Waals surface area contributed by atoms with Gasteiger partial charge in [-0.25, -0.2) is 0 Å². The average Bonchev–Trinajstić information content (AvgIpc) is 3.08. The van der Waals surface area contributed by atoms with Crippen LogP contribution >= 0.6 is 23.2 Å². The lowest BCUT2D eigenvalue weighted by molar-refractivity contribution is -0.136. The van der Waals surface area contributed by atoms with Crippen LogP contribution in [0.4, 0.5) is 18.9 Å². The van der Waals surface area contributed by atoms with E-state index < -0.39 is 23.3 Å². The van der Waals surface area contributed by atoms with Gasteiger partial charge in [0, 0.05) is 15.6 Å². The maximum atomic E-state index is 13.1. The van der Waals surface area contributed by atoms with Gasteiger partial charge in [0.1, 0.15) is 5.76 Å².